The summed E-state index contributed by atoms with van der Waals surface area (Å²) in [5.41, 5.74) is 6.54. The van der Waals surface area contributed by atoms with Crippen molar-refractivity contribution in [3.8, 4) is 11.5 Å². The Labute approximate surface area is 218 Å². The molecule has 5 rings (SSSR count). The van der Waals surface area contributed by atoms with E-state index in [0.717, 1.165) is 11.3 Å². The zero-order valence-corrected chi connectivity index (χ0v) is 20.8. The Balaban J connectivity index is 1.13. The lowest BCUT2D eigenvalue weighted by molar-refractivity contribution is -0.139. The number of nitrogen functional groups attached to an aromatic ring is 1. The average molecular weight is 518 g/mol. The van der Waals surface area contributed by atoms with Crippen molar-refractivity contribution in [2.24, 2.45) is 11.7 Å². The van der Waals surface area contributed by atoms with Crippen molar-refractivity contribution in [2.75, 3.05) is 6.54 Å². The van der Waals surface area contributed by atoms with E-state index in [-0.39, 0.29) is 36.1 Å². The van der Waals surface area contributed by atoms with Crippen molar-refractivity contribution < 1.29 is 19.1 Å². The molecule has 37 heavy (non-hydrogen) atoms. The summed E-state index contributed by atoms with van der Waals surface area (Å²) < 4.78 is 5.74. The molecule has 5 N–H and O–H groups in total. The van der Waals surface area contributed by atoms with Crippen LogP contribution in [0.15, 0.2) is 66.0 Å². The number of carbonyl (C=O) groups excluding carboxylic acids is 3. The van der Waals surface area contributed by atoms with Crippen LogP contribution in [0.4, 0.5) is 0 Å². The maximum atomic E-state index is 13.0. The summed E-state index contributed by atoms with van der Waals surface area (Å²) in [6.07, 6.45) is 1.52. The number of carbonyl (C=O) groups is 3. The number of rotatable bonds is 9. The molecule has 3 aromatic rings. The molecule has 3 amide bonds. The van der Waals surface area contributed by atoms with Gasteiger partial charge in [-0.2, -0.15) is 0 Å². The molecule has 1 saturated carbocycles. The quantitative estimate of drug-likeness (QED) is 0.255. The minimum atomic E-state index is -0.546. The molecule has 0 bridgehead atoms. The number of amidine groups is 1. The Bertz CT molecular complexity index is 1320. The first-order valence-corrected chi connectivity index (χ1v) is 12.9. The van der Waals surface area contributed by atoms with Crippen LogP contribution in [-0.2, 0) is 16.1 Å². The first-order chi connectivity index (χ1) is 17.9. The maximum Gasteiger partial charge on any atom is 0.251 e. The molecule has 2 aliphatic rings. The van der Waals surface area contributed by atoms with Gasteiger partial charge in [-0.25, -0.2) is 0 Å². The summed E-state index contributed by atoms with van der Waals surface area (Å²) in [5, 5.41) is 14.9. The minimum Gasteiger partial charge on any atom is -0.457 e. The van der Waals surface area contributed by atoms with E-state index in [9.17, 15) is 14.4 Å². The fourth-order valence-corrected chi connectivity index (χ4v) is 5.43. The number of likely N-dealkylation sites (tertiary alicyclic amines) is 1. The molecule has 0 spiro atoms. The average Bonchev–Trinajstić information content (AvgIpc) is 3.32. The summed E-state index contributed by atoms with van der Waals surface area (Å²) in [5.74, 6) is 0.773. The molecular formula is C27H27N5O4S. The molecule has 3 unspecified atom stereocenters. The second kappa shape index (κ2) is 10.4. The summed E-state index contributed by atoms with van der Waals surface area (Å²) in [6.45, 7) is 0.131. The SMILES string of the molecule is N=C(N)c1csc(CNC(=O)C2CC3CC3N2C(=O)CNC(=O)c2ccc(Oc3ccccc3)cc2)c1. The number of nitrogens with zero attached hydrogens (tertiary/aromatic N) is 1. The van der Waals surface area contributed by atoms with Gasteiger partial charge in [0, 0.05) is 27.4 Å². The largest absolute Gasteiger partial charge is 0.457 e. The zero-order valence-electron chi connectivity index (χ0n) is 20.0. The fourth-order valence-electron chi connectivity index (χ4n) is 4.60. The van der Waals surface area contributed by atoms with Crippen molar-refractivity contribution in [1.29, 1.82) is 5.41 Å². The van der Waals surface area contributed by atoms with Crippen LogP contribution < -0.4 is 21.1 Å². The third-order valence-electron chi connectivity index (χ3n) is 6.59. The number of thiophene rings is 1. The van der Waals surface area contributed by atoms with Crippen LogP contribution in [0.1, 0.15) is 33.6 Å². The van der Waals surface area contributed by atoms with Gasteiger partial charge >= 0.3 is 0 Å². The predicted octanol–water partition coefficient (Wildman–Crippen LogP) is 2.86. The van der Waals surface area contributed by atoms with Crippen LogP contribution >= 0.6 is 11.3 Å². The molecule has 1 aromatic heterocycles. The van der Waals surface area contributed by atoms with E-state index >= 15 is 0 Å². The number of hydrogen-bond donors (Lipinski definition) is 4. The smallest absolute Gasteiger partial charge is 0.251 e. The van der Waals surface area contributed by atoms with Gasteiger partial charge in [-0.1, -0.05) is 18.2 Å². The summed E-state index contributed by atoms with van der Waals surface area (Å²) >= 11 is 1.42. The highest BCUT2D eigenvalue weighted by molar-refractivity contribution is 7.10. The Morgan fingerprint density at radius 3 is 2.43 bits per heavy atom. The van der Waals surface area contributed by atoms with E-state index in [2.05, 4.69) is 10.6 Å². The van der Waals surface area contributed by atoms with Gasteiger partial charge in [-0.3, -0.25) is 19.8 Å². The number of nitrogens with two attached hydrogens (primary N) is 1. The summed E-state index contributed by atoms with van der Waals surface area (Å²) in [7, 11) is 0. The molecule has 2 heterocycles. The molecular weight excluding hydrogens is 490 g/mol. The molecule has 1 aliphatic carbocycles. The number of para-hydroxylation sites is 1. The van der Waals surface area contributed by atoms with Gasteiger partial charge in [-0.05, 0) is 61.2 Å². The van der Waals surface area contributed by atoms with E-state index in [1.165, 1.54) is 11.3 Å². The van der Waals surface area contributed by atoms with E-state index < -0.39 is 6.04 Å². The van der Waals surface area contributed by atoms with Crippen LogP contribution in [0.3, 0.4) is 0 Å². The van der Waals surface area contributed by atoms with Crippen LogP contribution in [0, 0.1) is 11.3 Å². The molecule has 10 heteroatoms. The van der Waals surface area contributed by atoms with Crippen molar-refractivity contribution in [2.45, 2.75) is 31.5 Å². The summed E-state index contributed by atoms with van der Waals surface area (Å²) in [6, 6.07) is 17.3. The fraction of sp³-hybridized carbons (Fsp3) is 0.259. The number of hydrogen-bond acceptors (Lipinski definition) is 6. The zero-order chi connectivity index (χ0) is 25.9. The number of fused-ring (bicyclic) bond motifs is 1. The third kappa shape index (κ3) is 5.64. The first kappa shape index (κ1) is 24.5. The lowest BCUT2D eigenvalue weighted by atomic mass is 10.1. The van der Waals surface area contributed by atoms with E-state index in [0.29, 0.717) is 41.5 Å². The monoisotopic (exact) mass is 517 g/mol. The number of nitrogens with one attached hydrogen (secondary N) is 3. The topological polar surface area (TPSA) is 138 Å². The van der Waals surface area contributed by atoms with Gasteiger partial charge in [0.1, 0.15) is 23.4 Å². The Kier molecular flexibility index (Phi) is 6.91. The minimum absolute atomic E-state index is 0.0139. The van der Waals surface area contributed by atoms with E-state index in [1.807, 2.05) is 30.3 Å². The Morgan fingerprint density at radius 2 is 1.73 bits per heavy atom. The molecule has 190 valence electrons. The van der Waals surface area contributed by atoms with Crippen LogP contribution in [0.5, 0.6) is 11.5 Å². The maximum absolute atomic E-state index is 13.0. The van der Waals surface area contributed by atoms with Gasteiger partial charge in [0.05, 0.1) is 13.1 Å². The second-order valence-corrected chi connectivity index (χ2v) is 10.2. The number of benzene rings is 2. The highest BCUT2D eigenvalue weighted by Gasteiger charge is 2.55. The predicted molar refractivity (Wildman–Crippen MR) is 140 cm³/mol. The highest BCUT2D eigenvalue weighted by atomic mass is 32.1. The molecule has 1 saturated heterocycles. The summed E-state index contributed by atoms with van der Waals surface area (Å²) in [4.78, 5) is 41.1. The van der Waals surface area contributed by atoms with Crippen LogP contribution in [0.2, 0.25) is 0 Å². The number of ether oxygens (including phenoxy) is 1. The first-order valence-electron chi connectivity index (χ1n) is 12.0. The lowest BCUT2D eigenvalue weighted by Gasteiger charge is -2.27. The Hall–Kier alpha value is -4.18. The lowest BCUT2D eigenvalue weighted by Crippen LogP contribution is -2.50. The molecule has 3 atom stereocenters. The van der Waals surface area contributed by atoms with E-state index in [4.69, 9.17) is 15.9 Å². The van der Waals surface area contributed by atoms with Crippen LogP contribution in [-0.4, -0.2) is 47.1 Å². The molecule has 1 aliphatic heterocycles. The van der Waals surface area contributed by atoms with Crippen molar-refractivity contribution >= 4 is 34.9 Å². The highest BCUT2D eigenvalue weighted by Crippen LogP contribution is 2.47. The molecule has 2 aromatic carbocycles. The Morgan fingerprint density at radius 1 is 1.00 bits per heavy atom. The van der Waals surface area contributed by atoms with Crippen LogP contribution in [0.25, 0.3) is 0 Å². The van der Waals surface area contributed by atoms with Gasteiger partial charge in [0.2, 0.25) is 11.8 Å². The van der Waals surface area contributed by atoms with E-state index in [1.54, 1.807) is 40.6 Å². The van der Waals surface area contributed by atoms with Gasteiger partial charge < -0.3 is 26.0 Å². The van der Waals surface area contributed by atoms with Crippen molar-refractivity contribution in [1.82, 2.24) is 15.5 Å². The van der Waals surface area contributed by atoms with Gasteiger partial charge in [0.15, 0.2) is 0 Å². The van der Waals surface area contributed by atoms with Crippen molar-refractivity contribution in [3.63, 3.8) is 0 Å². The number of amides is 3. The van der Waals surface area contributed by atoms with Crippen molar-refractivity contribution in [3.05, 3.63) is 82.0 Å². The molecule has 2 fully saturated rings. The van der Waals surface area contributed by atoms with Gasteiger partial charge in [-0.15, -0.1) is 11.3 Å². The normalized spacial score (nSPS) is 19.6. The number of piperidine rings is 1. The standard InChI is InChI=1S/C27H27N5O4S/c28-25(29)18-10-21(37-15-18)13-30-27(35)23-12-17-11-22(17)32(23)24(33)14-31-26(34)16-6-8-20(9-7-16)36-19-4-2-1-3-5-19/h1-10,15,17,22-23H,11-14H2,(H3,28,29)(H,30,35)(H,31,34). The third-order valence-corrected chi connectivity index (χ3v) is 7.53. The molecule has 0 radical (unpaired) electrons. The van der Waals surface area contributed by atoms with Gasteiger partial charge in [0.25, 0.3) is 5.91 Å². The molecule has 9 nitrogen and oxygen atoms in total. The second-order valence-electron chi connectivity index (χ2n) is 9.17.